The average Bonchev–Trinajstić information content (AvgIpc) is 2.02. The number of hydrogen-bond donors (Lipinski definition) is 2. The van der Waals surface area contributed by atoms with Crippen LogP contribution in [0.2, 0.25) is 5.02 Å². The number of benzene rings is 1. The third-order valence-electron chi connectivity index (χ3n) is 1.87. The molecule has 1 aromatic rings. The summed E-state index contributed by atoms with van der Waals surface area (Å²) in [5.41, 5.74) is 0.959. The second kappa shape index (κ2) is 4.49. The highest BCUT2D eigenvalue weighted by Gasteiger charge is 2.03. The van der Waals surface area contributed by atoms with E-state index in [4.69, 9.17) is 21.8 Å². The fraction of sp³-hybridized carbons (Fsp3) is 0.400. The van der Waals surface area contributed by atoms with E-state index in [2.05, 4.69) is 0 Å². The van der Waals surface area contributed by atoms with Gasteiger partial charge in [-0.3, -0.25) is 0 Å². The van der Waals surface area contributed by atoms with Gasteiger partial charge in [0.15, 0.2) is 0 Å². The maximum absolute atomic E-state index is 9.08. The molecule has 0 saturated carbocycles. The highest BCUT2D eigenvalue weighted by molar-refractivity contribution is 6.31. The van der Waals surface area contributed by atoms with Crippen molar-refractivity contribution >= 4 is 11.6 Å². The predicted molar refractivity (Wildman–Crippen MR) is 53.1 cm³/mol. The van der Waals surface area contributed by atoms with Gasteiger partial charge in [-0.15, -0.1) is 0 Å². The first-order valence-corrected chi connectivity index (χ1v) is 4.63. The Balaban J connectivity index is 2.67. The second-order valence-corrected chi connectivity index (χ2v) is 3.57. The summed E-state index contributed by atoms with van der Waals surface area (Å²) in [5, 5.41) is 18.7. The van der Waals surface area contributed by atoms with Gasteiger partial charge in [-0.1, -0.05) is 17.7 Å². The fourth-order valence-electron chi connectivity index (χ4n) is 1.10. The number of aliphatic hydroxyl groups is 1. The molecule has 0 aliphatic carbocycles. The lowest BCUT2D eigenvalue weighted by Crippen LogP contribution is -2.01. The van der Waals surface area contributed by atoms with Crippen LogP contribution in [-0.2, 0) is 6.42 Å². The number of phenolic OH excluding ortho intramolecular Hbond substituents is 1. The molecule has 0 heterocycles. The van der Waals surface area contributed by atoms with Crippen molar-refractivity contribution in [2.24, 2.45) is 0 Å². The number of phenols is 1. The summed E-state index contributed by atoms with van der Waals surface area (Å²) in [6.07, 6.45) is 1.10. The molecule has 2 N–H and O–H groups in total. The largest absolute Gasteiger partial charge is 0.508 e. The minimum Gasteiger partial charge on any atom is -0.508 e. The maximum Gasteiger partial charge on any atom is 0.117 e. The van der Waals surface area contributed by atoms with E-state index in [1.807, 2.05) is 0 Å². The van der Waals surface area contributed by atoms with Crippen LogP contribution < -0.4 is 0 Å². The van der Waals surface area contributed by atoms with E-state index < -0.39 is 0 Å². The monoisotopic (exact) mass is 200 g/mol. The molecule has 1 rings (SSSR count). The van der Waals surface area contributed by atoms with Crippen LogP contribution in [0.4, 0.5) is 0 Å². The Hall–Kier alpha value is -0.730. The van der Waals surface area contributed by atoms with E-state index in [1.165, 1.54) is 6.07 Å². The normalized spacial score (nSPS) is 12.8. The van der Waals surface area contributed by atoms with Gasteiger partial charge in [0.05, 0.1) is 6.10 Å². The van der Waals surface area contributed by atoms with E-state index in [0.29, 0.717) is 11.4 Å². The molecule has 3 heteroatoms. The molecule has 0 bridgehead atoms. The molecule has 0 saturated heterocycles. The lowest BCUT2D eigenvalue weighted by molar-refractivity contribution is 0.185. The molecular weight excluding hydrogens is 188 g/mol. The van der Waals surface area contributed by atoms with E-state index >= 15 is 0 Å². The molecule has 13 heavy (non-hydrogen) atoms. The Kier molecular flexibility index (Phi) is 3.58. The van der Waals surface area contributed by atoms with Gasteiger partial charge in [0.25, 0.3) is 0 Å². The van der Waals surface area contributed by atoms with Crippen molar-refractivity contribution in [2.75, 3.05) is 0 Å². The smallest absolute Gasteiger partial charge is 0.117 e. The molecule has 0 unspecified atom stereocenters. The Morgan fingerprint density at radius 2 is 2.15 bits per heavy atom. The summed E-state index contributed by atoms with van der Waals surface area (Å²) >= 11 is 5.87. The summed E-state index contributed by atoms with van der Waals surface area (Å²) in [4.78, 5) is 0. The molecule has 0 spiro atoms. The van der Waals surface area contributed by atoms with Crippen LogP contribution in [0.3, 0.4) is 0 Å². The zero-order valence-electron chi connectivity index (χ0n) is 7.50. The molecule has 72 valence electrons. The molecular formula is C10H13ClO2. The van der Waals surface area contributed by atoms with Gasteiger partial charge in [0, 0.05) is 5.02 Å². The molecule has 1 aromatic carbocycles. The van der Waals surface area contributed by atoms with Crippen LogP contribution in [0.1, 0.15) is 18.9 Å². The van der Waals surface area contributed by atoms with Gasteiger partial charge in [0.1, 0.15) is 5.75 Å². The van der Waals surface area contributed by atoms with Gasteiger partial charge in [-0.05, 0) is 37.5 Å². The van der Waals surface area contributed by atoms with E-state index in [1.54, 1.807) is 19.1 Å². The maximum atomic E-state index is 9.08. The lowest BCUT2D eigenvalue weighted by atomic mass is 10.1. The summed E-state index contributed by atoms with van der Waals surface area (Å²) in [5.74, 6) is 0.172. The second-order valence-electron chi connectivity index (χ2n) is 3.16. The molecule has 1 atom stereocenters. The van der Waals surface area contributed by atoms with Crippen LogP contribution in [-0.4, -0.2) is 16.3 Å². The molecule has 2 nitrogen and oxygen atoms in total. The molecule has 0 amide bonds. The average molecular weight is 201 g/mol. The summed E-state index contributed by atoms with van der Waals surface area (Å²) < 4.78 is 0. The van der Waals surface area contributed by atoms with Crippen LogP contribution in [0.5, 0.6) is 5.75 Å². The van der Waals surface area contributed by atoms with Crippen LogP contribution >= 0.6 is 11.6 Å². The van der Waals surface area contributed by atoms with Crippen molar-refractivity contribution in [3.05, 3.63) is 28.8 Å². The minimum atomic E-state index is -0.315. The van der Waals surface area contributed by atoms with Gasteiger partial charge >= 0.3 is 0 Å². The van der Waals surface area contributed by atoms with Crippen molar-refractivity contribution in [1.82, 2.24) is 0 Å². The van der Waals surface area contributed by atoms with E-state index in [9.17, 15) is 0 Å². The van der Waals surface area contributed by atoms with Crippen molar-refractivity contribution in [3.63, 3.8) is 0 Å². The van der Waals surface area contributed by atoms with Crippen molar-refractivity contribution in [2.45, 2.75) is 25.9 Å². The SMILES string of the molecule is C[C@@H](O)CCc1ccc(O)cc1Cl. The van der Waals surface area contributed by atoms with Gasteiger partial charge < -0.3 is 10.2 Å². The number of aromatic hydroxyl groups is 1. The van der Waals surface area contributed by atoms with Crippen LogP contribution in [0.25, 0.3) is 0 Å². The standard InChI is InChI=1S/C10H13ClO2/c1-7(12)2-3-8-4-5-9(13)6-10(8)11/h4-7,12-13H,2-3H2,1H3/t7-/m1/s1. The Labute approximate surface area is 82.8 Å². The van der Waals surface area contributed by atoms with Crippen molar-refractivity contribution in [1.29, 1.82) is 0 Å². The highest BCUT2D eigenvalue weighted by atomic mass is 35.5. The van der Waals surface area contributed by atoms with Gasteiger partial charge in [0.2, 0.25) is 0 Å². The zero-order valence-corrected chi connectivity index (χ0v) is 8.25. The number of hydrogen-bond acceptors (Lipinski definition) is 2. The van der Waals surface area contributed by atoms with Gasteiger partial charge in [-0.2, -0.15) is 0 Å². The first kappa shape index (κ1) is 10.4. The highest BCUT2D eigenvalue weighted by Crippen LogP contribution is 2.22. The van der Waals surface area contributed by atoms with Gasteiger partial charge in [-0.25, -0.2) is 0 Å². The first-order valence-electron chi connectivity index (χ1n) is 4.25. The number of aryl methyl sites for hydroxylation is 1. The summed E-state index contributed by atoms with van der Waals surface area (Å²) in [6, 6.07) is 4.89. The van der Waals surface area contributed by atoms with E-state index in [0.717, 1.165) is 12.0 Å². The quantitative estimate of drug-likeness (QED) is 0.787. The topological polar surface area (TPSA) is 40.5 Å². The molecule has 0 radical (unpaired) electrons. The van der Waals surface area contributed by atoms with Crippen LogP contribution in [0.15, 0.2) is 18.2 Å². The minimum absolute atomic E-state index is 0.172. The molecule has 0 aromatic heterocycles. The summed E-state index contributed by atoms with van der Waals surface area (Å²) in [6.45, 7) is 1.74. The third kappa shape index (κ3) is 3.25. The number of rotatable bonds is 3. The Morgan fingerprint density at radius 3 is 2.69 bits per heavy atom. The summed E-state index contributed by atoms with van der Waals surface area (Å²) in [7, 11) is 0. The molecule has 0 aliphatic heterocycles. The third-order valence-corrected chi connectivity index (χ3v) is 2.22. The molecule has 0 fully saturated rings. The zero-order chi connectivity index (χ0) is 9.84. The predicted octanol–water partition coefficient (Wildman–Crippen LogP) is 2.36. The van der Waals surface area contributed by atoms with Crippen molar-refractivity contribution < 1.29 is 10.2 Å². The van der Waals surface area contributed by atoms with Crippen LogP contribution in [0, 0.1) is 0 Å². The van der Waals surface area contributed by atoms with Crippen molar-refractivity contribution in [3.8, 4) is 5.75 Å². The number of aliphatic hydroxyl groups excluding tert-OH is 1. The Bertz CT molecular complexity index is 284. The number of halogens is 1. The Morgan fingerprint density at radius 1 is 1.46 bits per heavy atom. The van der Waals surface area contributed by atoms with E-state index in [-0.39, 0.29) is 11.9 Å². The first-order chi connectivity index (χ1) is 6.09. The molecule has 0 aliphatic rings. The lowest BCUT2D eigenvalue weighted by Gasteiger charge is -2.06. The fourth-order valence-corrected chi connectivity index (χ4v) is 1.37.